The topological polar surface area (TPSA) is 63.9 Å². The van der Waals surface area contributed by atoms with Gasteiger partial charge in [0.2, 0.25) is 0 Å². The van der Waals surface area contributed by atoms with Crippen LogP contribution >= 0.6 is 39.1 Å². The molecular formula is C13H8BrCl2N3O. The molecule has 1 aromatic heterocycles. The molecule has 3 aromatic rings. The highest BCUT2D eigenvalue weighted by molar-refractivity contribution is 9.10. The highest BCUT2D eigenvalue weighted by Crippen LogP contribution is 2.36. The summed E-state index contributed by atoms with van der Waals surface area (Å²) in [4.78, 5) is 7.31. The van der Waals surface area contributed by atoms with Gasteiger partial charge in [0.25, 0.3) is 6.01 Å². The van der Waals surface area contributed by atoms with E-state index in [1.165, 1.54) is 0 Å². The van der Waals surface area contributed by atoms with Crippen molar-refractivity contribution in [3.8, 4) is 11.8 Å². The Morgan fingerprint density at radius 1 is 1.15 bits per heavy atom. The summed E-state index contributed by atoms with van der Waals surface area (Å²) < 4.78 is 6.33. The zero-order valence-corrected chi connectivity index (χ0v) is 13.1. The van der Waals surface area contributed by atoms with Crippen LogP contribution in [-0.4, -0.2) is 9.97 Å². The number of rotatable bonds is 2. The van der Waals surface area contributed by atoms with Gasteiger partial charge in [0.15, 0.2) is 5.75 Å². The van der Waals surface area contributed by atoms with Crippen LogP contribution in [0.25, 0.3) is 11.0 Å². The minimum atomic E-state index is 0.325. The number of halogens is 3. The average Bonchev–Trinajstić information content (AvgIpc) is 2.77. The highest BCUT2D eigenvalue weighted by atomic mass is 79.9. The lowest BCUT2D eigenvalue weighted by Crippen LogP contribution is -1.87. The first-order valence-electron chi connectivity index (χ1n) is 5.60. The number of imidazole rings is 1. The summed E-state index contributed by atoms with van der Waals surface area (Å²) in [5.41, 5.74) is 7.91. The van der Waals surface area contributed by atoms with Crippen molar-refractivity contribution in [3.63, 3.8) is 0 Å². The third-order valence-electron chi connectivity index (χ3n) is 2.67. The van der Waals surface area contributed by atoms with Crippen molar-refractivity contribution in [1.82, 2.24) is 9.97 Å². The van der Waals surface area contributed by atoms with Crippen molar-refractivity contribution in [3.05, 3.63) is 44.8 Å². The standard InChI is InChI=1S/C13H8BrCl2N3O/c14-7-4-9(16)12(5-8(7)15)20-13-18-10-2-1-6(17)3-11(10)19-13/h1-5H,17H2,(H,18,19). The van der Waals surface area contributed by atoms with Crippen molar-refractivity contribution in [2.24, 2.45) is 0 Å². The predicted molar refractivity (Wildman–Crippen MR) is 84.7 cm³/mol. The molecule has 0 amide bonds. The lowest BCUT2D eigenvalue weighted by Gasteiger charge is -2.06. The van der Waals surface area contributed by atoms with Gasteiger partial charge < -0.3 is 15.5 Å². The maximum Gasteiger partial charge on any atom is 0.300 e. The van der Waals surface area contributed by atoms with Gasteiger partial charge in [0.1, 0.15) is 0 Å². The summed E-state index contributed by atoms with van der Waals surface area (Å²) >= 11 is 15.4. The molecule has 0 atom stereocenters. The van der Waals surface area contributed by atoms with Crippen LogP contribution < -0.4 is 10.5 Å². The summed E-state index contributed by atoms with van der Waals surface area (Å²) in [6.45, 7) is 0. The molecule has 0 saturated heterocycles. The van der Waals surface area contributed by atoms with Crippen LogP contribution in [0.3, 0.4) is 0 Å². The molecule has 2 aromatic carbocycles. The number of fused-ring (bicyclic) bond motifs is 1. The fourth-order valence-electron chi connectivity index (χ4n) is 1.74. The first kappa shape index (κ1) is 13.5. The highest BCUT2D eigenvalue weighted by Gasteiger charge is 2.10. The van der Waals surface area contributed by atoms with Crippen LogP contribution in [0.4, 0.5) is 5.69 Å². The Labute approximate surface area is 133 Å². The minimum absolute atomic E-state index is 0.325. The molecule has 0 radical (unpaired) electrons. The largest absolute Gasteiger partial charge is 0.424 e. The minimum Gasteiger partial charge on any atom is -0.424 e. The predicted octanol–water partition coefficient (Wildman–Crippen LogP) is 5.01. The van der Waals surface area contributed by atoms with Crippen molar-refractivity contribution in [2.75, 3.05) is 5.73 Å². The molecule has 3 N–H and O–H groups in total. The molecule has 7 heteroatoms. The van der Waals surface area contributed by atoms with Gasteiger partial charge in [0, 0.05) is 16.2 Å². The van der Waals surface area contributed by atoms with Gasteiger partial charge in [-0.2, -0.15) is 4.98 Å². The number of ether oxygens (including phenoxy) is 1. The summed E-state index contributed by atoms with van der Waals surface area (Å²) in [6, 6.07) is 8.98. The van der Waals surface area contributed by atoms with Crippen LogP contribution in [0.1, 0.15) is 0 Å². The van der Waals surface area contributed by atoms with Crippen molar-refractivity contribution >= 4 is 55.9 Å². The number of anilines is 1. The van der Waals surface area contributed by atoms with E-state index < -0.39 is 0 Å². The SMILES string of the molecule is Nc1ccc2nc(Oc3cc(Cl)c(Br)cc3Cl)[nH]c2c1. The Morgan fingerprint density at radius 2 is 1.95 bits per heavy atom. The third kappa shape index (κ3) is 2.57. The van der Waals surface area contributed by atoms with Gasteiger partial charge in [0.05, 0.1) is 21.1 Å². The van der Waals surface area contributed by atoms with Crippen molar-refractivity contribution < 1.29 is 4.74 Å². The van der Waals surface area contributed by atoms with E-state index in [9.17, 15) is 0 Å². The maximum atomic E-state index is 6.10. The maximum absolute atomic E-state index is 6.10. The number of nitrogens with two attached hydrogens (primary N) is 1. The Balaban J connectivity index is 1.99. The molecular weight excluding hydrogens is 365 g/mol. The van der Waals surface area contributed by atoms with Gasteiger partial charge in [-0.1, -0.05) is 23.2 Å². The summed E-state index contributed by atoms with van der Waals surface area (Å²) in [7, 11) is 0. The fraction of sp³-hybridized carbons (Fsp3) is 0. The summed E-state index contributed by atoms with van der Waals surface area (Å²) in [5.74, 6) is 0.423. The number of hydrogen-bond donors (Lipinski definition) is 2. The van der Waals surface area contributed by atoms with Gasteiger partial charge >= 0.3 is 0 Å². The number of nitrogens with zero attached hydrogens (tertiary/aromatic N) is 1. The number of benzene rings is 2. The molecule has 0 aliphatic heterocycles. The molecule has 0 aliphatic carbocycles. The monoisotopic (exact) mass is 371 g/mol. The quantitative estimate of drug-likeness (QED) is 0.491. The molecule has 0 spiro atoms. The number of aromatic amines is 1. The van der Waals surface area contributed by atoms with Crippen LogP contribution in [0.5, 0.6) is 11.8 Å². The Bertz CT molecular complexity index is 804. The van der Waals surface area contributed by atoms with Crippen molar-refractivity contribution in [2.45, 2.75) is 0 Å². The van der Waals surface area contributed by atoms with Crippen LogP contribution in [0.2, 0.25) is 10.0 Å². The van der Waals surface area contributed by atoms with Gasteiger partial charge in [-0.15, -0.1) is 0 Å². The molecule has 102 valence electrons. The van der Waals surface area contributed by atoms with E-state index in [1.54, 1.807) is 24.3 Å². The Morgan fingerprint density at radius 3 is 2.75 bits per heavy atom. The molecule has 0 saturated carbocycles. The molecule has 0 fully saturated rings. The Kier molecular flexibility index (Phi) is 3.50. The lowest BCUT2D eigenvalue weighted by atomic mass is 10.3. The molecule has 0 unspecified atom stereocenters. The van der Waals surface area contributed by atoms with E-state index in [1.807, 2.05) is 6.07 Å². The fourth-order valence-corrected chi connectivity index (χ4v) is 2.57. The van der Waals surface area contributed by atoms with Crippen LogP contribution in [0.15, 0.2) is 34.8 Å². The second kappa shape index (κ2) is 5.16. The van der Waals surface area contributed by atoms with Gasteiger partial charge in [-0.25, -0.2) is 0 Å². The lowest BCUT2D eigenvalue weighted by molar-refractivity contribution is 0.449. The van der Waals surface area contributed by atoms with E-state index in [0.29, 0.717) is 32.0 Å². The van der Waals surface area contributed by atoms with Gasteiger partial charge in [-0.3, -0.25) is 0 Å². The van der Waals surface area contributed by atoms with Crippen LogP contribution in [0, 0.1) is 0 Å². The van der Waals surface area contributed by atoms with E-state index >= 15 is 0 Å². The summed E-state index contributed by atoms with van der Waals surface area (Å²) in [6.07, 6.45) is 0. The second-order valence-electron chi connectivity index (χ2n) is 4.12. The summed E-state index contributed by atoms with van der Waals surface area (Å²) in [5, 5.41) is 0.936. The number of aromatic nitrogens is 2. The van der Waals surface area contributed by atoms with Crippen LogP contribution in [-0.2, 0) is 0 Å². The molecule has 0 bridgehead atoms. The van der Waals surface area contributed by atoms with E-state index in [4.69, 9.17) is 33.7 Å². The van der Waals surface area contributed by atoms with Gasteiger partial charge in [-0.05, 0) is 40.2 Å². The molecule has 0 aliphatic rings. The number of H-pyrrole nitrogens is 1. The first-order chi connectivity index (χ1) is 9.52. The molecule has 3 rings (SSSR count). The first-order valence-corrected chi connectivity index (χ1v) is 7.15. The normalized spacial score (nSPS) is 10.9. The number of nitrogens with one attached hydrogen (secondary N) is 1. The van der Waals surface area contributed by atoms with E-state index in [-0.39, 0.29) is 0 Å². The molecule has 20 heavy (non-hydrogen) atoms. The number of hydrogen-bond acceptors (Lipinski definition) is 3. The van der Waals surface area contributed by atoms with E-state index in [0.717, 1.165) is 11.0 Å². The smallest absolute Gasteiger partial charge is 0.300 e. The van der Waals surface area contributed by atoms with Crippen molar-refractivity contribution in [1.29, 1.82) is 0 Å². The van der Waals surface area contributed by atoms with E-state index in [2.05, 4.69) is 25.9 Å². The number of nitrogen functional groups attached to an aromatic ring is 1. The third-order valence-corrected chi connectivity index (χ3v) is 4.16. The average molecular weight is 373 g/mol. The molecule has 4 nitrogen and oxygen atoms in total. The zero-order valence-electron chi connectivity index (χ0n) is 9.95. The zero-order chi connectivity index (χ0) is 14.3. The Hall–Kier alpha value is -1.43. The second-order valence-corrected chi connectivity index (χ2v) is 5.79. The molecule has 1 heterocycles.